The van der Waals surface area contributed by atoms with E-state index in [9.17, 15) is 4.79 Å². The molecule has 0 radical (unpaired) electrons. The number of ether oxygens (including phenoxy) is 1. The Morgan fingerprint density at radius 1 is 1.44 bits per heavy atom. The lowest BCUT2D eigenvalue weighted by Crippen LogP contribution is -2.00. The van der Waals surface area contributed by atoms with E-state index in [0.29, 0.717) is 11.4 Å². The molecule has 0 bridgehead atoms. The van der Waals surface area contributed by atoms with Gasteiger partial charge in [-0.25, -0.2) is 4.79 Å². The monoisotopic (exact) mass is 217 g/mol. The fraction of sp³-hybridized carbons (Fsp3) is 0.0909. The maximum absolute atomic E-state index is 11.3. The maximum atomic E-state index is 11.3. The summed E-state index contributed by atoms with van der Waals surface area (Å²) in [6.07, 6.45) is 0. The maximum Gasteiger partial charge on any atom is 0.337 e. The third-order valence-electron chi connectivity index (χ3n) is 2.19. The normalized spacial score (nSPS) is 10.1. The molecule has 5 nitrogen and oxygen atoms in total. The number of aromatic nitrogens is 2. The largest absolute Gasteiger partial charge is 0.465 e. The predicted octanol–water partition coefficient (Wildman–Crippen LogP) is 1.45. The average molecular weight is 217 g/mol. The summed E-state index contributed by atoms with van der Waals surface area (Å²) in [6.45, 7) is 0. The molecule has 0 saturated carbocycles. The number of H-pyrrole nitrogens is 1. The van der Waals surface area contributed by atoms with Crippen LogP contribution in [0.2, 0.25) is 0 Å². The minimum absolute atomic E-state index is 0.366. The van der Waals surface area contributed by atoms with Gasteiger partial charge in [0.1, 0.15) is 5.82 Å². The van der Waals surface area contributed by atoms with Gasteiger partial charge >= 0.3 is 5.97 Å². The number of hydrogen-bond acceptors (Lipinski definition) is 4. The van der Waals surface area contributed by atoms with Gasteiger partial charge in [-0.1, -0.05) is 12.1 Å². The number of nitrogens with one attached hydrogen (secondary N) is 1. The zero-order chi connectivity index (χ0) is 11.5. The van der Waals surface area contributed by atoms with Gasteiger partial charge in [-0.3, -0.25) is 5.10 Å². The molecule has 2 rings (SSSR count). The van der Waals surface area contributed by atoms with Crippen LogP contribution < -0.4 is 5.73 Å². The molecule has 0 aliphatic rings. The molecule has 0 unspecified atom stereocenters. The first-order chi connectivity index (χ1) is 7.70. The van der Waals surface area contributed by atoms with Crippen LogP contribution in [0.1, 0.15) is 10.4 Å². The Morgan fingerprint density at radius 2 is 2.25 bits per heavy atom. The molecule has 82 valence electrons. The number of nitrogens with two attached hydrogens (primary N) is 1. The molecule has 1 heterocycles. The van der Waals surface area contributed by atoms with E-state index in [0.717, 1.165) is 11.3 Å². The molecule has 1 aromatic carbocycles. The minimum atomic E-state index is -0.366. The van der Waals surface area contributed by atoms with Gasteiger partial charge in [-0.05, 0) is 12.1 Å². The highest BCUT2D eigenvalue weighted by Gasteiger charge is 2.07. The second kappa shape index (κ2) is 4.06. The highest BCUT2D eigenvalue weighted by Crippen LogP contribution is 2.19. The fourth-order valence-corrected chi connectivity index (χ4v) is 1.42. The van der Waals surface area contributed by atoms with E-state index < -0.39 is 0 Å². The summed E-state index contributed by atoms with van der Waals surface area (Å²) in [7, 11) is 1.35. The molecule has 1 aromatic heterocycles. The number of aromatic amines is 1. The number of benzene rings is 1. The van der Waals surface area contributed by atoms with Crippen LogP contribution in [-0.4, -0.2) is 23.3 Å². The lowest BCUT2D eigenvalue weighted by Gasteiger charge is -2.01. The Labute approximate surface area is 92.2 Å². The van der Waals surface area contributed by atoms with Gasteiger partial charge in [-0.2, -0.15) is 5.10 Å². The first-order valence-electron chi connectivity index (χ1n) is 4.70. The zero-order valence-electron chi connectivity index (χ0n) is 8.73. The molecule has 3 N–H and O–H groups in total. The molecule has 2 aromatic rings. The number of hydrogen-bond donors (Lipinski definition) is 2. The van der Waals surface area contributed by atoms with Crippen LogP contribution >= 0.6 is 0 Å². The first-order valence-corrected chi connectivity index (χ1v) is 4.70. The van der Waals surface area contributed by atoms with Crippen LogP contribution in [0.15, 0.2) is 30.3 Å². The van der Waals surface area contributed by atoms with Crippen molar-refractivity contribution < 1.29 is 9.53 Å². The van der Waals surface area contributed by atoms with Gasteiger partial charge in [0, 0.05) is 11.6 Å². The highest BCUT2D eigenvalue weighted by molar-refractivity contribution is 5.90. The third-order valence-corrected chi connectivity index (χ3v) is 2.19. The van der Waals surface area contributed by atoms with Gasteiger partial charge in [0.25, 0.3) is 0 Å². The summed E-state index contributed by atoms with van der Waals surface area (Å²) in [5.41, 5.74) is 7.61. The van der Waals surface area contributed by atoms with Gasteiger partial charge in [0.05, 0.1) is 18.4 Å². The second-order valence-electron chi connectivity index (χ2n) is 3.28. The molecule has 0 saturated heterocycles. The topological polar surface area (TPSA) is 81.0 Å². The number of methoxy groups -OCH3 is 1. The summed E-state index contributed by atoms with van der Waals surface area (Å²) >= 11 is 0. The number of carbonyl (C=O) groups excluding carboxylic acids is 1. The summed E-state index contributed by atoms with van der Waals surface area (Å²) < 4.78 is 4.64. The number of anilines is 1. The number of esters is 1. The van der Waals surface area contributed by atoms with Gasteiger partial charge in [-0.15, -0.1) is 0 Å². The van der Waals surface area contributed by atoms with Gasteiger partial charge in [0.15, 0.2) is 0 Å². The second-order valence-corrected chi connectivity index (χ2v) is 3.28. The van der Waals surface area contributed by atoms with Crippen molar-refractivity contribution in [3.8, 4) is 11.3 Å². The molecule has 0 aliphatic carbocycles. The van der Waals surface area contributed by atoms with Crippen molar-refractivity contribution >= 4 is 11.8 Å². The van der Waals surface area contributed by atoms with E-state index in [1.807, 2.05) is 6.07 Å². The summed E-state index contributed by atoms with van der Waals surface area (Å²) in [5, 5.41) is 6.60. The summed E-state index contributed by atoms with van der Waals surface area (Å²) in [6, 6.07) is 8.75. The molecular formula is C11H11N3O2. The molecule has 16 heavy (non-hydrogen) atoms. The summed E-state index contributed by atoms with van der Waals surface area (Å²) in [5.74, 6) is 0.0489. The SMILES string of the molecule is COC(=O)c1cccc(-c2cc(N)n[nH]2)c1. The van der Waals surface area contributed by atoms with Crippen molar-refractivity contribution in [3.63, 3.8) is 0 Å². The number of nitrogen functional groups attached to an aromatic ring is 1. The van der Waals surface area contributed by atoms with E-state index in [1.165, 1.54) is 7.11 Å². The quantitative estimate of drug-likeness (QED) is 0.746. The molecular weight excluding hydrogens is 206 g/mol. The number of nitrogens with zero attached hydrogens (tertiary/aromatic N) is 1. The van der Waals surface area contributed by atoms with Crippen molar-refractivity contribution in [3.05, 3.63) is 35.9 Å². The van der Waals surface area contributed by atoms with E-state index in [1.54, 1.807) is 24.3 Å². The lowest BCUT2D eigenvalue weighted by molar-refractivity contribution is 0.0601. The molecule has 0 fully saturated rings. The van der Waals surface area contributed by atoms with Crippen molar-refractivity contribution in [1.29, 1.82) is 0 Å². The van der Waals surface area contributed by atoms with Crippen molar-refractivity contribution in [2.45, 2.75) is 0 Å². The smallest absolute Gasteiger partial charge is 0.337 e. The Kier molecular flexibility index (Phi) is 2.59. The fourth-order valence-electron chi connectivity index (χ4n) is 1.42. The van der Waals surface area contributed by atoms with Crippen LogP contribution in [-0.2, 0) is 4.74 Å². The lowest BCUT2D eigenvalue weighted by atomic mass is 10.1. The van der Waals surface area contributed by atoms with Crippen LogP contribution in [0.5, 0.6) is 0 Å². The van der Waals surface area contributed by atoms with Crippen LogP contribution in [0.3, 0.4) is 0 Å². The molecule has 0 aliphatic heterocycles. The minimum Gasteiger partial charge on any atom is -0.465 e. The highest BCUT2D eigenvalue weighted by atomic mass is 16.5. The van der Waals surface area contributed by atoms with Crippen molar-refractivity contribution in [2.75, 3.05) is 12.8 Å². The van der Waals surface area contributed by atoms with Crippen LogP contribution in [0, 0.1) is 0 Å². The van der Waals surface area contributed by atoms with E-state index in [2.05, 4.69) is 14.9 Å². The van der Waals surface area contributed by atoms with E-state index >= 15 is 0 Å². The van der Waals surface area contributed by atoms with Crippen molar-refractivity contribution in [2.24, 2.45) is 0 Å². The Bertz CT molecular complexity index is 519. The number of carbonyl (C=O) groups is 1. The third kappa shape index (κ3) is 1.88. The first kappa shape index (κ1) is 10.2. The Morgan fingerprint density at radius 3 is 2.88 bits per heavy atom. The molecule has 0 spiro atoms. The zero-order valence-corrected chi connectivity index (χ0v) is 8.73. The Hall–Kier alpha value is -2.30. The van der Waals surface area contributed by atoms with Gasteiger partial charge < -0.3 is 10.5 Å². The van der Waals surface area contributed by atoms with Crippen molar-refractivity contribution in [1.82, 2.24) is 10.2 Å². The van der Waals surface area contributed by atoms with Crippen LogP contribution in [0.25, 0.3) is 11.3 Å². The Balaban J connectivity index is 2.39. The van der Waals surface area contributed by atoms with E-state index in [-0.39, 0.29) is 5.97 Å². The van der Waals surface area contributed by atoms with E-state index in [4.69, 9.17) is 5.73 Å². The molecule has 5 heteroatoms. The standard InChI is InChI=1S/C11H11N3O2/c1-16-11(15)8-4-2-3-7(5-8)9-6-10(12)14-13-9/h2-6H,1H3,(H3,12,13,14). The van der Waals surface area contributed by atoms with Gasteiger partial charge in [0.2, 0.25) is 0 Å². The summed E-state index contributed by atoms with van der Waals surface area (Å²) in [4.78, 5) is 11.3. The van der Waals surface area contributed by atoms with Crippen LogP contribution in [0.4, 0.5) is 5.82 Å². The predicted molar refractivity (Wildman–Crippen MR) is 59.8 cm³/mol. The average Bonchev–Trinajstić information content (AvgIpc) is 2.75. The molecule has 0 atom stereocenters. The number of rotatable bonds is 2. The molecule has 0 amide bonds.